The van der Waals surface area contributed by atoms with E-state index in [1.54, 1.807) is 10.9 Å². The van der Waals surface area contributed by atoms with Gasteiger partial charge in [-0.2, -0.15) is 0 Å². The van der Waals surface area contributed by atoms with E-state index < -0.39 is 54.6 Å². The highest BCUT2D eigenvalue weighted by Crippen LogP contribution is 2.61. The van der Waals surface area contributed by atoms with Gasteiger partial charge in [0.05, 0.1) is 38.1 Å². The first-order valence-electron chi connectivity index (χ1n) is 15.2. The molecule has 0 aromatic carbocycles. The highest BCUT2D eigenvalue weighted by Gasteiger charge is 2.40. The van der Waals surface area contributed by atoms with Crippen molar-refractivity contribution in [3.05, 3.63) is 25.3 Å². The smallest absolute Gasteiger partial charge is 0.280 e. The van der Waals surface area contributed by atoms with E-state index in [1.165, 1.54) is 23.5 Å². The van der Waals surface area contributed by atoms with Crippen molar-refractivity contribution in [2.75, 3.05) is 37.9 Å². The Balaban J connectivity index is 0.000000263. The Bertz CT molecular complexity index is 2170. The lowest BCUT2D eigenvalue weighted by Crippen LogP contribution is -2.30. The summed E-state index contributed by atoms with van der Waals surface area (Å²) in [5.74, 6) is 5.08. The number of aliphatic hydroxyl groups excluding tert-OH is 1. The van der Waals surface area contributed by atoms with E-state index >= 15 is 0 Å². The van der Waals surface area contributed by atoms with Crippen LogP contribution in [-0.4, -0.2) is 99.9 Å². The van der Waals surface area contributed by atoms with Crippen LogP contribution in [0.1, 0.15) is 32.7 Å². The minimum absolute atomic E-state index is 0. The third-order valence-electron chi connectivity index (χ3n) is 7.50. The molecule has 4 aromatic rings. The second-order valence-electron chi connectivity index (χ2n) is 11.0. The summed E-state index contributed by atoms with van der Waals surface area (Å²) in [6, 6.07) is 0. The molecule has 2 aliphatic heterocycles. The Hall–Kier alpha value is -3.97. The molecule has 6 N–H and O–H groups in total. The van der Waals surface area contributed by atoms with Crippen LogP contribution in [0.15, 0.2) is 25.3 Å². The topological polar surface area (TPSA) is 365 Å². The standard InChI is InChI=1S/C13H18N5O12P3.C13H15N5O3.CH4/c1-2-3-26-8-4-10(18-7-17-11-12(14)15-6-16-13(11)18)28-9(8)5-27-32(22,23)30-33(24,25)29-31(19,20)21;1-2-3-20-8-4-10(21-9(8)5-19)18-7-17-11-12(14)15-6-16-13(11)18;/h1,6-10H,3-5H2,(H,22,23)(H,24,25)(H2,14,15,16)(H2,19,20,21);1,6-10,19H,3-5H2,(H2,14,15,16);1H4/p-3. The van der Waals surface area contributed by atoms with Crippen LogP contribution in [0, 0.1) is 24.7 Å². The third kappa shape index (κ3) is 11.1. The van der Waals surface area contributed by atoms with Gasteiger partial charge in [-0.3, -0.25) is 22.8 Å². The van der Waals surface area contributed by atoms with Crippen LogP contribution >= 0.6 is 23.5 Å². The Morgan fingerprint density at radius 2 is 1.27 bits per heavy atom. The number of hydrogen-bond donors (Lipinski definition) is 4. The fourth-order valence-corrected chi connectivity index (χ4v) is 8.23. The minimum Gasteiger partial charge on any atom is -0.756 e. The second kappa shape index (κ2) is 18.3. The van der Waals surface area contributed by atoms with Gasteiger partial charge in [-0.1, -0.05) is 19.3 Å². The van der Waals surface area contributed by atoms with E-state index in [9.17, 15) is 33.5 Å². The molecule has 0 bridgehead atoms. The Morgan fingerprint density at radius 3 is 1.73 bits per heavy atom. The molecule has 6 heterocycles. The molecule has 300 valence electrons. The van der Waals surface area contributed by atoms with Gasteiger partial charge in [-0.15, -0.1) is 12.8 Å². The molecule has 6 rings (SSSR count). The number of anilines is 2. The summed E-state index contributed by atoms with van der Waals surface area (Å²) < 4.78 is 70.6. The van der Waals surface area contributed by atoms with Crippen molar-refractivity contribution < 1.29 is 70.5 Å². The first-order valence-corrected chi connectivity index (χ1v) is 19.6. The summed E-state index contributed by atoms with van der Waals surface area (Å²) in [4.78, 5) is 66.3. The molecule has 0 radical (unpaired) electrons. The molecule has 0 aliphatic carbocycles. The van der Waals surface area contributed by atoms with Gasteiger partial charge in [0.2, 0.25) is 0 Å². The molecule has 28 heteroatoms. The van der Waals surface area contributed by atoms with Crippen molar-refractivity contribution >= 4 is 57.4 Å². The SMILES string of the molecule is C.C#CCOC1CC(n2cnc3c(N)ncnc32)OC1CO.C#CCOC1CC(n2cnc3c(N)ncnc32)OC1COP(=O)([O-])OP(=O)([O-])OP(=O)([O-])O. The van der Waals surface area contributed by atoms with Crippen molar-refractivity contribution in [3.8, 4) is 24.7 Å². The predicted octanol–water partition coefficient (Wildman–Crippen LogP) is -1.50. The summed E-state index contributed by atoms with van der Waals surface area (Å²) in [6.07, 6.45) is 12.8. The normalized spacial score (nSPS) is 25.4. The van der Waals surface area contributed by atoms with Crippen molar-refractivity contribution in [2.45, 2.75) is 57.1 Å². The fourth-order valence-electron chi connectivity index (χ4n) is 5.33. The molecular weight excluding hydrogens is 797 g/mol. The van der Waals surface area contributed by atoms with E-state index in [2.05, 4.69) is 54.9 Å². The minimum atomic E-state index is -6.03. The van der Waals surface area contributed by atoms with Crippen molar-refractivity contribution in [3.63, 3.8) is 0 Å². The van der Waals surface area contributed by atoms with Crippen LogP contribution in [-0.2, 0) is 45.8 Å². The lowest BCUT2D eigenvalue weighted by atomic mass is 10.2. The Morgan fingerprint density at radius 1 is 0.800 bits per heavy atom. The molecule has 2 fully saturated rings. The molecule has 2 saturated heterocycles. The van der Waals surface area contributed by atoms with Crippen molar-refractivity contribution in [1.29, 1.82) is 0 Å². The molecular formula is C27H34N10O15P3-3. The molecule has 9 atom stereocenters. The zero-order valence-electron chi connectivity index (χ0n) is 27.4. The van der Waals surface area contributed by atoms with E-state index in [0.717, 1.165) is 0 Å². The number of nitrogens with two attached hydrogens (primary N) is 2. The summed E-state index contributed by atoms with van der Waals surface area (Å²) in [6.45, 7) is -0.946. The van der Waals surface area contributed by atoms with E-state index in [-0.39, 0.29) is 51.8 Å². The number of nitrogen functional groups attached to an aromatic ring is 2. The van der Waals surface area contributed by atoms with Crippen LogP contribution in [0.3, 0.4) is 0 Å². The molecule has 0 spiro atoms. The third-order valence-corrected chi connectivity index (χ3v) is 11.2. The molecule has 25 nitrogen and oxygen atoms in total. The Labute approximate surface area is 311 Å². The second-order valence-corrected chi connectivity index (χ2v) is 15.3. The number of nitrogens with zero attached hydrogens (tertiary/aromatic N) is 8. The quantitative estimate of drug-likeness (QED) is 0.0830. The van der Waals surface area contributed by atoms with E-state index in [0.29, 0.717) is 34.6 Å². The van der Waals surface area contributed by atoms with Gasteiger partial charge in [-0.05, 0) is 0 Å². The molecule has 4 aromatic heterocycles. The van der Waals surface area contributed by atoms with Crippen LogP contribution in [0.5, 0.6) is 0 Å². The number of aliphatic hydroxyl groups is 1. The largest absolute Gasteiger partial charge is 0.756 e. The number of hydrogen-bond acceptors (Lipinski definition) is 22. The molecule has 0 saturated carbocycles. The van der Waals surface area contributed by atoms with Crippen LogP contribution in [0.4, 0.5) is 11.6 Å². The lowest BCUT2D eigenvalue weighted by molar-refractivity contribution is -0.250. The van der Waals surface area contributed by atoms with Gasteiger partial charge in [0.25, 0.3) is 23.5 Å². The molecule has 2 aliphatic rings. The number of phosphoric ester groups is 1. The Kier molecular flexibility index (Phi) is 14.6. The number of terminal acetylenes is 2. The fraction of sp³-hybridized carbons (Fsp3) is 0.481. The summed E-state index contributed by atoms with van der Waals surface area (Å²) in [5, 5.41) is 9.38. The van der Waals surface area contributed by atoms with Gasteiger partial charge in [0, 0.05) is 12.8 Å². The molecule has 9 unspecified atom stereocenters. The number of phosphoric acid groups is 3. The zero-order valence-corrected chi connectivity index (χ0v) is 30.1. The highest BCUT2D eigenvalue weighted by atomic mass is 31.3. The average molecular weight is 832 g/mol. The average Bonchev–Trinajstić information content (AvgIpc) is 3.89. The van der Waals surface area contributed by atoms with Crippen LogP contribution in [0.2, 0.25) is 0 Å². The van der Waals surface area contributed by atoms with Crippen LogP contribution in [0.25, 0.3) is 22.3 Å². The zero-order chi connectivity index (χ0) is 39.3. The lowest BCUT2D eigenvalue weighted by Gasteiger charge is -2.33. The molecule has 0 amide bonds. The predicted molar refractivity (Wildman–Crippen MR) is 181 cm³/mol. The number of rotatable bonds is 14. The van der Waals surface area contributed by atoms with Gasteiger partial charge in [0.1, 0.15) is 61.6 Å². The summed E-state index contributed by atoms with van der Waals surface area (Å²) in [7, 11) is -17.6. The van der Waals surface area contributed by atoms with Gasteiger partial charge >= 0.3 is 0 Å². The first-order chi connectivity index (χ1) is 25.5. The van der Waals surface area contributed by atoms with Gasteiger partial charge < -0.3 is 59.6 Å². The monoisotopic (exact) mass is 831 g/mol. The maximum Gasteiger partial charge on any atom is 0.280 e. The number of fused-ring (bicyclic) bond motifs is 2. The van der Waals surface area contributed by atoms with Crippen molar-refractivity contribution in [2.24, 2.45) is 0 Å². The summed E-state index contributed by atoms with van der Waals surface area (Å²) in [5.41, 5.74) is 13.2. The summed E-state index contributed by atoms with van der Waals surface area (Å²) >= 11 is 0. The van der Waals surface area contributed by atoms with Gasteiger partial charge in [-0.25, -0.2) is 38.5 Å². The van der Waals surface area contributed by atoms with Gasteiger partial charge in [0.15, 0.2) is 22.9 Å². The molecule has 55 heavy (non-hydrogen) atoms. The number of aromatic nitrogens is 8. The maximum atomic E-state index is 11.8. The van der Waals surface area contributed by atoms with Crippen LogP contribution < -0.4 is 26.1 Å². The highest BCUT2D eigenvalue weighted by molar-refractivity contribution is 7.65. The number of imidazole rings is 2. The van der Waals surface area contributed by atoms with E-state index in [1.807, 2.05) is 0 Å². The van der Waals surface area contributed by atoms with E-state index in [4.69, 9.17) is 48.2 Å². The number of ether oxygens (including phenoxy) is 4. The van der Waals surface area contributed by atoms with Crippen molar-refractivity contribution in [1.82, 2.24) is 39.0 Å². The maximum absolute atomic E-state index is 11.8. The first kappa shape index (κ1) is 43.8.